The van der Waals surface area contributed by atoms with E-state index in [1.165, 1.54) is 0 Å². The highest BCUT2D eigenvalue weighted by atomic mass is 16.6. The molecule has 0 aliphatic carbocycles. The minimum Gasteiger partial charge on any atom is -0.486 e. The van der Waals surface area contributed by atoms with E-state index in [1.54, 1.807) is 12.1 Å². The van der Waals surface area contributed by atoms with Crippen molar-refractivity contribution in [2.24, 2.45) is 5.73 Å². The number of hydrogen-bond donors (Lipinski definition) is 2. The number of aliphatic carboxylic acids is 1. The molecule has 1 atom stereocenters. The van der Waals surface area contributed by atoms with Gasteiger partial charge in [0.2, 0.25) is 0 Å². The summed E-state index contributed by atoms with van der Waals surface area (Å²) >= 11 is 0. The van der Waals surface area contributed by atoms with Gasteiger partial charge in [0, 0.05) is 23.6 Å². The van der Waals surface area contributed by atoms with E-state index >= 15 is 0 Å². The number of rotatable bonds is 3. The number of hydrogen-bond acceptors (Lipinski definition) is 5. The highest BCUT2D eigenvalue weighted by Gasteiger charge is 2.15. The van der Waals surface area contributed by atoms with Gasteiger partial charge in [0.05, 0.1) is 5.52 Å². The third kappa shape index (κ3) is 2.37. The summed E-state index contributed by atoms with van der Waals surface area (Å²) in [6.45, 7) is 1.06. The van der Waals surface area contributed by atoms with Crippen LogP contribution in [0.3, 0.4) is 0 Å². The topological polar surface area (TPSA) is 94.7 Å². The van der Waals surface area contributed by atoms with Crippen LogP contribution in [0.25, 0.3) is 10.9 Å². The second-order valence-electron chi connectivity index (χ2n) is 4.64. The molecule has 1 aliphatic heterocycles. The van der Waals surface area contributed by atoms with Crippen molar-refractivity contribution in [2.75, 3.05) is 13.2 Å². The molecule has 0 spiro atoms. The number of fused-ring (bicyclic) bond motifs is 2. The first-order valence-corrected chi connectivity index (χ1v) is 6.31. The average Bonchev–Trinajstić information content (AvgIpc) is 2.45. The van der Waals surface area contributed by atoms with Crippen LogP contribution in [0, 0.1) is 0 Å². The fourth-order valence-electron chi connectivity index (χ4n) is 2.13. The summed E-state index contributed by atoms with van der Waals surface area (Å²) in [6.07, 6.45) is 0.194. The molecular formula is C14H14N2O4. The Morgan fingerprint density at radius 3 is 2.70 bits per heavy atom. The molecule has 1 aromatic carbocycles. The second-order valence-corrected chi connectivity index (χ2v) is 4.64. The van der Waals surface area contributed by atoms with Gasteiger partial charge < -0.3 is 20.3 Å². The van der Waals surface area contributed by atoms with Crippen molar-refractivity contribution in [3.8, 4) is 11.5 Å². The van der Waals surface area contributed by atoms with Crippen LogP contribution in [0.1, 0.15) is 5.69 Å². The van der Waals surface area contributed by atoms with E-state index < -0.39 is 12.0 Å². The van der Waals surface area contributed by atoms with Crippen LogP contribution in [0.5, 0.6) is 11.5 Å². The zero-order chi connectivity index (χ0) is 14.1. The van der Waals surface area contributed by atoms with E-state index in [4.69, 9.17) is 20.3 Å². The number of carboxylic acids is 1. The van der Waals surface area contributed by atoms with Gasteiger partial charge in [0.15, 0.2) is 11.5 Å². The Morgan fingerprint density at radius 1 is 1.30 bits per heavy atom. The normalized spacial score (nSPS) is 15.1. The first-order valence-electron chi connectivity index (χ1n) is 6.31. The predicted octanol–water partition coefficient (Wildman–Crippen LogP) is 0.960. The van der Waals surface area contributed by atoms with Gasteiger partial charge in [-0.3, -0.25) is 9.78 Å². The predicted molar refractivity (Wildman–Crippen MR) is 72.0 cm³/mol. The quantitative estimate of drug-likeness (QED) is 0.865. The molecule has 20 heavy (non-hydrogen) atoms. The van der Waals surface area contributed by atoms with Gasteiger partial charge in [-0.1, -0.05) is 6.07 Å². The summed E-state index contributed by atoms with van der Waals surface area (Å²) in [5.74, 6) is 0.338. The lowest BCUT2D eigenvalue weighted by Gasteiger charge is -2.18. The summed E-state index contributed by atoms with van der Waals surface area (Å²) < 4.78 is 11.0. The van der Waals surface area contributed by atoms with Crippen molar-refractivity contribution in [1.82, 2.24) is 4.98 Å². The van der Waals surface area contributed by atoms with Crippen LogP contribution in [-0.2, 0) is 11.2 Å². The molecule has 1 aromatic heterocycles. The Balaban J connectivity index is 1.96. The summed E-state index contributed by atoms with van der Waals surface area (Å²) in [5, 5.41) is 9.74. The van der Waals surface area contributed by atoms with Gasteiger partial charge in [-0.25, -0.2) is 0 Å². The lowest BCUT2D eigenvalue weighted by atomic mass is 10.1. The maximum atomic E-state index is 10.8. The molecule has 0 saturated carbocycles. The zero-order valence-corrected chi connectivity index (χ0v) is 10.7. The van der Waals surface area contributed by atoms with Crippen molar-refractivity contribution in [3.63, 3.8) is 0 Å². The molecule has 0 saturated heterocycles. The van der Waals surface area contributed by atoms with E-state index in [1.807, 2.05) is 12.1 Å². The summed E-state index contributed by atoms with van der Waals surface area (Å²) in [6, 6.07) is 6.39. The van der Waals surface area contributed by atoms with Gasteiger partial charge in [0.1, 0.15) is 19.3 Å². The minimum atomic E-state index is -1.03. The van der Waals surface area contributed by atoms with Gasteiger partial charge in [0.25, 0.3) is 0 Å². The number of nitrogens with zero attached hydrogens (tertiary/aromatic N) is 1. The maximum Gasteiger partial charge on any atom is 0.320 e. The number of pyridine rings is 1. The van der Waals surface area contributed by atoms with Crippen molar-refractivity contribution >= 4 is 16.9 Å². The third-order valence-electron chi connectivity index (χ3n) is 3.16. The van der Waals surface area contributed by atoms with Gasteiger partial charge >= 0.3 is 5.97 Å². The standard InChI is InChI=1S/C14H14N2O4/c15-10(14(17)18)6-9-2-1-8-5-12-13(7-11(8)16-9)20-4-3-19-12/h1-2,5,7,10H,3-4,6,15H2,(H,17,18). The number of benzene rings is 1. The Morgan fingerprint density at radius 2 is 2.00 bits per heavy atom. The fourth-order valence-corrected chi connectivity index (χ4v) is 2.13. The average molecular weight is 274 g/mol. The van der Waals surface area contributed by atoms with Crippen LogP contribution in [0.4, 0.5) is 0 Å². The molecule has 3 rings (SSSR count). The van der Waals surface area contributed by atoms with Crippen LogP contribution in [0.15, 0.2) is 24.3 Å². The van der Waals surface area contributed by atoms with Crippen molar-refractivity contribution in [1.29, 1.82) is 0 Å². The van der Waals surface area contributed by atoms with Crippen LogP contribution < -0.4 is 15.2 Å². The highest BCUT2D eigenvalue weighted by Crippen LogP contribution is 2.33. The highest BCUT2D eigenvalue weighted by molar-refractivity contribution is 5.83. The summed E-state index contributed by atoms with van der Waals surface area (Å²) in [7, 11) is 0. The van der Waals surface area contributed by atoms with Gasteiger partial charge in [-0.15, -0.1) is 0 Å². The number of ether oxygens (including phenoxy) is 2. The minimum absolute atomic E-state index is 0.194. The molecule has 0 fully saturated rings. The molecule has 0 amide bonds. The SMILES string of the molecule is NC(Cc1ccc2cc3c(cc2n1)OCCO3)C(=O)O. The molecule has 0 bridgehead atoms. The second kappa shape index (κ2) is 4.97. The Hall–Kier alpha value is -2.34. The van der Waals surface area contributed by atoms with Gasteiger partial charge in [-0.2, -0.15) is 0 Å². The van der Waals surface area contributed by atoms with E-state index in [-0.39, 0.29) is 6.42 Å². The molecule has 2 aromatic rings. The van der Waals surface area contributed by atoms with Crippen LogP contribution in [0.2, 0.25) is 0 Å². The lowest BCUT2D eigenvalue weighted by Crippen LogP contribution is -2.32. The van der Waals surface area contributed by atoms with Gasteiger partial charge in [-0.05, 0) is 12.1 Å². The Bertz CT molecular complexity index is 672. The smallest absolute Gasteiger partial charge is 0.320 e. The summed E-state index contributed by atoms with van der Waals surface area (Å²) in [5.41, 5.74) is 6.90. The van der Waals surface area contributed by atoms with Crippen LogP contribution >= 0.6 is 0 Å². The number of aromatic nitrogens is 1. The number of carboxylic acid groups (broad SMARTS) is 1. The number of carbonyl (C=O) groups is 1. The molecular weight excluding hydrogens is 260 g/mol. The molecule has 6 heteroatoms. The molecule has 1 aliphatic rings. The van der Waals surface area contributed by atoms with E-state index in [9.17, 15) is 4.79 Å². The van der Waals surface area contributed by atoms with Crippen LogP contribution in [-0.4, -0.2) is 35.3 Å². The molecule has 0 radical (unpaired) electrons. The summed E-state index contributed by atoms with van der Waals surface area (Å²) in [4.78, 5) is 15.2. The maximum absolute atomic E-state index is 10.8. The largest absolute Gasteiger partial charge is 0.486 e. The first kappa shape index (κ1) is 12.7. The monoisotopic (exact) mass is 274 g/mol. The zero-order valence-electron chi connectivity index (χ0n) is 10.7. The fraction of sp³-hybridized carbons (Fsp3) is 0.286. The lowest BCUT2D eigenvalue weighted by molar-refractivity contribution is -0.138. The van der Waals surface area contributed by atoms with Crippen molar-refractivity contribution in [2.45, 2.75) is 12.5 Å². The Labute approximate surface area is 115 Å². The molecule has 2 heterocycles. The molecule has 3 N–H and O–H groups in total. The molecule has 104 valence electrons. The third-order valence-corrected chi connectivity index (χ3v) is 3.16. The van der Waals surface area contributed by atoms with Crippen molar-refractivity contribution in [3.05, 3.63) is 30.0 Å². The Kier molecular flexibility index (Phi) is 3.15. The van der Waals surface area contributed by atoms with E-state index in [0.717, 1.165) is 10.9 Å². The van der Waals surface area contributed by atoms with E-state index in [2.05, 4.69) is 4.98 Å². The van der Waals surface area contributed by atoms with E-state index in [0.29, 0.717) is 30.4 Å². The van der Waals surface area contributed by atoms with Crippen molar-refractivity contribution < 1.29 is 19.4 Å². The molecule has 6 nitrogen and oxygen atoms in total. The molecule has 1 unspecified atom stereocenters. The first-order chi connectivity index (χ1) is 9.63. The number of nitrogens with two attached hydrogens (primary N) is 1.